The van der Waals surface area contributed by atoms with Gasteiger partial charge in [0.15, 0.2) is 11.7 Å². The number of aromatic carboxylic acids is 1. The van der Waals surface area contributed by atoms with E-state index in [0.717, 1.165) is 12.1 Å². The highest BCUT2D eigenvalue weighted by molar-refractivity contribution is 6.30. The van der Waals surface area contributed by atoms with E-state index >= 15 is 0 Å². The van der Waals surface area contributed by atoms with E-state index in [1.807, 2.05) is 0 Å². The highest BCUT2D eigenvalue weighted by Crippen LogP contribution is 2.37. The average molecular weight is 458 g/mol. The molecule has 0 saturated carbocycles. The Labute approximate surface area is 187 Å². The van der Waals surface area contributed by atoms with Crippen LogP contribution in [0.2, 0.25) is 0 Å². The van der Waals surface area contributed by atoms with Gasteiger partial charge in [0.05, 0.1) is 16.7 Å². The number of phenolic OH excluding ortho intramolecular Hbond substituents is 2. The number of rotatable bonds is 6. The molecule has 2 aromatic carbocycles. The van der Waals surface area contributed by atoms with Crippen LogP contribution in [-0.4, -0.2) is 62.5 Å². The molecule has 0 radical (unpaired) electrons. The summed E-state index contributed by atoms with van der Waals surface area (Å²) in [5.41, 5.74) is 14.3. The Morgan fingerprint density at radius 3 is 2.15 bits per heavy atom. The van der Waals surface area contributed by atoms with Crippen LogP contribution in [0.15, 0.2) is 35.3 Å². The number of nitrogens with zero attached hydrogens (tertiary/aromatic N) is 1. The Balaban J connectivity index is 0.000000277. The lowest BCUT2D eigenvalue weighted by Crippen LogP contribution is -2.30. The third-order valence-corrected chi connectivity index (χ3v) is 4.64. The van der Waals surface area contributed by atoms with Crippen LogP contribution in [0.4, 0.5) is 0 Å². The minimum absolute atomic E-state index is 0.0129. The second-order valence-corrected chi connectivity index (χ2v) is 6.97. The van der Waals surface area contributed by atoms with E-state index in [4.69, 9.17) is 27.4 Å². The minimum Gasteiger partial charge on any atom is -0.507 e. The fraction of sp³-hybridized carbons (Fsp3) is 0.190. The Bertz CT molecular complexity index is 1160. The third kappa shape index (κ3) is 5.62. The number of nitrogens with two attached hydrogens (primary N) is 3. The molecule has 1 atom stereocenters. The number of aliphatic carboxylic acids is 1. The monoisotopic (exact) mass is 458 g/mol. The van der Waals surface area contributed by atoms with E-state index < -0.39 is 35.3 Å². The van der Waals surface area contributed by atoms with E-state index in [0.29, 0.717) is 19.4 Å². The molecule has 0 aliphatic heterocycles. The van der Waals surface area contributed by atoms with Crippen molar-refractivity contribution >= 4 is 29.5 Å². The average Bonchev–Trinajstić information content (AvgIpc) is 2.74. The largest absolute Gasteiger partial charge is 0.507 e. The molecule has 0 unspecified atom stereocenters. The predicted molar refractivity (Wildman–Crippen MR) is 116 cm³/mol. The number of carbonyl (C=O) groups excluding carboxylic acids is 2. The second kappa shape index (κ2) is 10.2. The number of aliphatic imine (C=N–C) groups is 1. The number of carbonyl (C=O) groups is 4. The van der Waals surface area contributed by atoms with Crippen LogP contribution in [0.3, 0.4) is 0 Å². The van der Waals surface area contributed by atoms with Crippen molar-refractivity contribution < 1.29 is 39.6 Å². The number of ketones is 2. The molecular formula is C21H22N4O8. The number of guanidine groups is 1. The van der Waals surface area contributed by atoms with Crippen LogP contribution >= 0.6 is 0 Å². The lowest BCUT2D eigenvalue weighted by atomic mass is 9.82. The summed E-state index contributed by atoms with van der Waals surface area (Å²) in [5, 5.41) is 37.0. The number of fused-ring (bicyclic) bond motifs is 2. The summed E-state index contributed by atoms with van der Waals surface area (Å²) in [6, 6.07) is 5.16. The van der Waals surface area contributed by atoms with E-state index in [1.165, 1.54) is 18.2 Å². The summed E-state index contributed by atoms with van der Waals surface area (Å²) in [4.78, 5) is 49.6. The van der Waals surface area contributed by atoms with Gasteiger partial charge in [0.1, 0.15) is 17.5 Å². The fourth-order valence-electron chi connectivity index (χ4n) is 3.05. The maximum Gasteiger partial charge on any atom is 0.335 e. The zero-order valence-corrected chi connectivity index (χ0v) is 17.2. The van der Waals surface area contributed by atoms with Gasteiger partial charge >= 0.3 is 11.9 Å². The van der Waals surface area contributed by atoms with Gasteiger partial charge in [0.25, 0.3) is 0 Å². The summed E-state index contributed by atoms with van der Waals surface area (Å²) in [6.07, 6.45) is 0.956. The normalized spacial score (nSPS) is 12.5. The molecule has 12 nitrogen and oxygen atoms in total. The lowest BCUT2D eigenvalue weighted by Gasteiger charge is -2.19. The predicted octanol–water partition coefficient (Wildman–Crippen LogP) is 0.0233. The van der Waals surface area contributed by atoms with Crippen LogP contribution in [0.25, 0.3) is 0 Å². The first-order chi connectivity index (χ1) is 15.5. The Morgan fingerprint density at radius 2 is 1.58 bits per heavy atom. The maximum atomic E-state index is 12.4. The number of aromatic hydroxyl groups is 2. The third-order valence-electron chi connectivity index (χ3n) is 4.64. The van der Waals surface area contributed by atoms with E-state index in [-0.39, 0.29) is 39.5 Å². The first-order valence-corrected chi connectivity index (χ1v) is 9.51. The number of carboxylic acid groups (broad SMARTS) is 2. The van der Waals surface area contributed by atoms with Crippen molar-refractivity contribution in [3.05, 3.63) is 58.1 Å². The van der Waals surface area contributed by atoms with Crippen molar-refractivity contribution in [2.75, 3.05) is 6.54 Å². The van der Waals surface area contributed by atoms with Gasteiger partial charge in [-0.2, -0.15) is 0 Å². The second-order valence-electron chi connectivity index (χ2n) is 6.97. The minimum atomic E-state index is -1.32. The highest BCUT2D eigenvalue weighted by atomic mass is 16.4. The zero-order chi connectivity index (χ0) is 24.9. The van der Waals surface area contributed by atoms with Gasteiger partial charge in [-0.1, -0.05) is 12.1 Å². The maximum absolute atomic E-state index is 12.4. The molecule has 2 aromatic rings. The summed E-state index contributed by atoms with van der Waals surface area (Å²) >= 11 is 0. The van der Waals surface area contributed by atoms with Crippen LogP contribution in [0.5, 0.6) is 11.5 Å². The molecule has 10 N–H and O–H groups in total. The molecular weight excluding hydrogens is 436 g/mol. The summed E-state index contributed by atoms with van der Waals surface area (Å²) in [6.45, 7) is 0.420. The highest BCUT2D eigenvalue weighted by Gasteiger charge is 2.34. The van der Waals surface area contributed by atoms with Crippen LogP contribution in [-0.2, 0) is 4.79 Å². The van der Waals surface area contributed by atoms with Crippen molar-refractivity contribution in [1.29, 1.82) is 0 Å². The number of hydrogen-bond acceptors (Lipinski definition) is 8. The SMILES string of the molecule is NC(N)=NCCC[C@H](N)C(=O)O.O=C(O)c1cc(O)c2c(c1)C(=O)c1cccc(O)c1C2=O. The lowest BCUT2D eigenvalue weighted by molar-refractivity contribution is -0.138. The Kier molecular flexibility index (Phi) is 7.70. The molecule has 0 heterocycles. The molecule has 0 aromatic heterocycles. The quantitative estimate of drug-likeness (QED) is 0.147. The fourth-order valence-corrected chi connectivity index (χ4v) is 3.05. The van der Waals surface area contributed by atoms with Crippen molar-refractivity contribution in [3.63, 3.8) is 0 Å². The molecule has 1 aliphatic rings. The van der Waals surface area contributed by atoms with Crippen molar-refractivity contribution in [2.45, 2.75) is 18.9 Å². The number of hydrogen-bond donors (Lipinski definition) is 7. The molecule has 0 spiro atoms. The van der Waals surface area contributed by atoms with Gasteiger partial charge in [-0.3, -0.25) is 19.4 Å². The molecule has 0 saturated heterocycles. The smallest absolute Gasteiger partial charge is 0.335 e. The van der Waals surface area contributed by atoms with Gasteiger partial charge in [-0.25, -0.2) is 4.79 Å². The number of benzene rings is 2. The standard InChI is InChI=1S/C15H8O6.C6H14N4O2/c16-9-3-1-2-7-11(9)14(19)12-8(13(7)18)4-6(15(20)21)5-10(12)17;7-4(5(11)12)2-1-3-10-6(8)9/h1-5,16-17H,(H,20,21);4H,1-3,7H2,(H,11,12)(H4,8,9,10)/t;4-/m.0/s1. The van der Waals surface area contributed by atoms with Crippen LogP contribution < -0.4 is 17.2 Å². The van der Waals surface area contributed by atoms with Gasteiger partial charge in [-0.05, 0) is 31.0 Å². The molecule has 33 heavy (non-hydrogen) atoms. The van der Waals surface area contributed by atoms with E-state index in [9.17, 15) is 29.4 Å². The first-order valence-electron chi connectivity index (χ1n) is 9.51. The Morgan fingerprint density at radius 1 is 0.939 bits per heavy atom. The van der Waals surface area contributed by atoms with Gasteiger partial charge in [0, 0.05) is 17.7 Å². The van der Waals surface area contributed by atoms with Gasteiger partial charge < -0.3 is 37.6 Å². The van der Waals surface area contributed by atoms with Crippen LogP contribution in [0, 0.1) is 0 Å². The van der Waals surface area contributed by atoms with E-state index in [1.54, 1.807) is 0 Å². The Hall–Kier alpha value is -4.45. The molecule has 1 aliphatic carbocycles. The molecule has 12 heteroatoms. The summed E-state index contributed by atoms with van der Waals surface area (Å²) < 4.78 is 0. The number of carboxylic acids is 2. The molecule has 0 fully saturated rings. The topological polar surface area (TPSA) is 240 Å². The first kappa shape index (κ1) is 24.8. The molecule has 0 amide bonds. The van der Waals surface area contributed by atoms with Crippen molar-refractivity contribution in [3.8, 4) is 11.5 Å². The molecule has 0 bridgehead atoms. The summed E-state index contributed by atoms with van der Waals surface area (Å²) in [5.74, 6) is -4.61. The zero-order valence-electron chi connectivity index (χ0n) is 17.2. The van der Waals surface area contributed by atoms with Gasteiger partial charge in [-0.15, -0.1) is 0 Å². The molecule has 174 valence electrons. The number of phenols is 2. The van der Waals surface area contributed by atoms with Gasteiger partial charge in [0.2, 0.25) is 5.78 Å². The van der Waals surface area contributed by atoms with Crippen molar-refractivity contribution in [2.24, 2.45) is 22.2 Å². The summed E-state index contributed by atoms with van der Waals surface area (Å²) in [7, 11) is 0. The van der Waals surface area contributed by atoms with Crippen molar-refractivity contribution in [1.82, 2.24) is 0 Å². The molecule has 3 rings (SSSR count). The van der Waals surface area contributed by atoms with E-state index in [2.05, 4.69) is 4.99 Å². The van der Waals surface area contributed by atoms with Crippen LogP contribution in [0.1, 0.15) is 55.0 Å².